The van der Waals surface area contributed by atoms with Gasteiger partial charge in [-0.05, 0) is 6.42 Å². The highest BCUT2D eigenvalue weighted by Gasteiger charge is 2.14. The van der Waals surface area contributed by atoms with Crippen molar-refractivity contribution in [1.29, 1.82) is 0 Å². The van der Waals surface area contributed by atoms with Crippen molar-refractivity contribution in [3.05, 3.63) is 11.0 Å². The van der Waals surface area contributed by atoms with Gasteiger partial charge in [-0.15, -0.1) is 0 Å². The first-order chi connectivity index (χ1) is 4.34. The molecule has 0 saturated carbocycles. The van der Waals surface area contributed by atoms with E-state index in [1.54, 1.807) is 11.8 Å². The second kappa shape index (κ2) is 2.92. The zero-order chi connectivity index (χ0) is 6.69. The van der Waals surface area contributed by atoms with Crippen molar-refractivity contribution in [2.24, 2.45) is 0 Å². The molecule has 0 spiro atoms. The first kappa shape index (κ1) is 6.68. The van der Waals surface area contributed by atoms with Crippen molar-refractivity contribution in [1.82, 2.24) is 5.32 Å². The highest BCUT2D eigenvalue weighted by atomic mass is 32.2. The van der Waals surface area contributed by atoms with Crippen LogP contribution in [-0.2, 0) is 4.79 Å². The lowest BCUT2D eigenvalue weighted by atomic mass is 10.4. The number of allylic oxidation sites excluding steroid dienone is 1. The molecule has 0 aromatic carbocycles. The molecule has 1 aliphatic heterocycles. The predicted molar refractivity (Wildman–Crippen MR) is 39.0 cm³/mol. The maximum absolute atomic E-state index is 10.8. The lowest BCUT2D eigenvalue weighted by Crippen LogP contribution is -2.13. The van der Waals surface area contributed by atoms with E-state index in [1.807, 2.05) is 13.0 Å². The van der Waals surface area contributed by atoms with Crippen molar-refractivity contribution in [3.63, 3.8) is 0 Å². The number of carbonyl (C=O) groups excluding carboxylic acids is 1. The van der Waals surface area contributed by atoms with E-state index in [-0.39, 0.29) is 5.91 Å². The molecule has 1 N–H and O–H groups in total. The van der Waals surface area contributed by atoms with Crippen LogP contribution in [0.5, 0.6) is 0 Å². The molecular formula is C6H9NOS. The molecule has 0 unspecified atom stereocenters. The van der Waals surface area contributed by atoms with Crippen LogP contribution in [0.1, 0.15) is 13.3 Å². The number of amides is 1. The Morgan fingerprint density at radius 1 is 1.89 bits per heavy atom. The van der Waals surface area contributed by atoms with Gasteiger partial charge in [-0.2, -0.15) is 0 Å². The van der Waals surface area contributed by atoms with Gasteiger partial charge in [-0.3, -0.25) is 4.79 Å². The van der Waals surface area contributed by atoms with E-state index in [4.69, 9.17) is 0 Å². The Bertz CT molecular complexity index is 153. The zero-order valence-electron chi connectivity index (χ0n) is 5.31. The molecule has 0 aromatic heterocycles. The van der Waals surface area contributed by atoms with Crippen molar-refractivity contribution in [3.8, 4) is 0 Å². The molecule has 1 fully saturated rings. The number of nitrogens with one attached hydrogen (secondary N) is 1. The van der Waals surface area contributed by atoms with Crippen molar-refractivity contribution in [2.45, 2.75) is 13.3 Å². The lowest BCUT2D eigenvalue weighted by molar-refractivity contribution is -0.116. The van der Waals surface area contributed by atoms with Crippen LogP contribution in [0, 0.1) is 0 Å². The Morgan fingerprint density at radius 3 is 3.11 bits per heavy atom. The summed E-state index contributed by atoms with van der Waals surface area (Å²) in [6.07, 6.45) is 2.89. The molecule has 0 bridgehead atoms. The molecular weight excluding hydrogens is 134 g/mol. The van der Waals surface area contributed by atoms with Gasteiger partial charge in [0.1, 0.15) is 0 Å². The van der Waals surface area contributed by atoms with Gasteiger partial charge in [-0.25, -0.2) is 0 Å². The van der Waals surface area contributed by atoms with Crippen LogP contribution >= 0.6 is 11.8 Å². The van der Waals surface area contributed by atoms with E-state index in [9.17, 15) is 4.79 Å². The van der Waals surface area contributed by atoms with Gasteiger partial charge >= 0.3 is 0 Å². The van der Waals surface area contributed by atoms with Crippen LogP contribution in [0.2, 0.25) is 0 Å². The normalized spacial score (nSPS) is 22.8. The standard InChI is InChI=1S/C6H9NOS/c1-2-3-5-6(8)7-4-9-5/h3H,2,4H2,1H3,(H,7,8)/b5-3+. The molecule has 9 heavy (non-hydrogen) atoms. The molecule has 0 aromatic rings. The highest BCUT2D eigenvalue weighted by molar-refractivity contribution is 8.04. The summed E-state index contributed by atoms with van der Waals surface area (Å²) < 4.78 is 0. The van der Waals surface area contributed by atoms with Gasteiger partial charge < -0.3 is 5.32 Å². The van der Waals surface area contributed by atoms with Crippen LogP contribution < -0.4 is 5.32 Å². The summed E-state index contributed by atoms with van der Waals surface area (Å²) in [4.78, 5) is 11.6. The maximum atomic E-state index is 10.8. The molecule has 1 rings (SSSR count). The summed E-state index contributed by atoms with van der Waals surface area (Å²) in [5, 5.41) is 2.71. The van der Waals surface area contributed by atoms with Gasteiger partial charge in [0.2, 0.25) is 0 Å². The summed E-state index contributed by atoms with van der Waals surface area (Å²) in [5.41, 5.74) is 0. The molecule has 1 amide bonds. The SMILES string of the molecule is CC/C=C1/SCNC1=O. The Labute approximate surface area is 58.7 Å². The minimum Gasteiger partial charge on any atom is -0.342 e. The fourth-order valence-corrected chi connectivity index (χ4v) is 1.52. The molecule has 50 valence electrons. The molecule has 0 radical (unpaired) electrons. The van der Waals surface area contributed by atoms with E-state index in [1.165, 1.54) is 0 Å². The lowest BCUT2D eigenvalue weighted by Gasteiger charge is -1.86. The summed E-state index contributed by atoms with van der Waals surface area (Å²) in [6, 6.07) is 0. The molecule has 1 heterocycles. The third-order valence-corrected chi connectivity index (χ3v) is 2.03. The average Bonchev–Trinajstić information content (AvgIpc) is 2.18. The maximum Gasteiger partial charge on any atom is 0.258 e. The average molecular weight is 143 g/mol. The van der Waals surface area contributed by atoms with Crippen molar-refractivity contribution < 1.29 is 4.79 Å². The van der Waals surface area contributed by atoms with E-state index in [0.29, 0.717) is 0 Å². The topological polar surface area (TPSA) is 29.1 Å². The third kappa shape index (κ3) is 1.48. The third-order valence-electron chi connectivity index (χ3n) is 1.07. The highest BCUT2D eigenvalue weighted by Crippen LogP contribution is 2.20. The van der Waals surface area contributed by atoms with Crippen molar-refractivity contribution >= 4 is 17.7 Å². The smallest absolute Gasteiger partial charge is 0.258 e. The summed E-state index contributed by atoms with van der Waals surface area (Å²) in [5.74, 6) is 0.826. The number of hydrogen-bond donors (Lipinski definition) is 1. The monoisotopic (exact) mass is 143 g/mol. The second-order valence-electron chi connectivity index (χ2n) is 1.77. The quantitative estimate of drug-likeness (QED) is 0.557. The fourth-order valence-electron chi connectivity index (χ4n) is 0.669. The minimum absolute atomic E-state index is 0.0850. The molecule has 0 aliphatic carbocycles. The second-order valence-corrected chi connectivity index (χ2v) is 2.79. The van der Waals surface area contributed by atoms with Crippen LogP contribution in [0.15, 0.2) is 11.0 Å². The molecule has 0 atom stereocenters. The van der Waals surface area contributed by atoms with Crippen LogP contribution in [0.4, 0.5) is 0 Å². The van der Waals surface area contributed by atoms with Crippen LogP contribution in [-0.4, -0.2) is 11.8 Å². The van der Waals surface area contributed by atoms with Gasteiger partial charge in [-0.1, -0.05) is 24.8 Å². The number of rotatable bonds is 1. The van der Waals surface area contributed by atoms with Crippen LogP contribution in [0.25, 0.3) is 0 Å². The van der Waals surface area contributed by atoms with Gasteiger partial charge in [0, 0.05) is 0 Å². The van der Waals surface area contributed by atoms with E-state index >= 15 is 0 Å². The Hall–Kier alpha value is -0.440. The Kier molecular flexibility index (Phi) is 2.16. The zero-order valence-corrected chi connectivity index (χ0v) is 6.12. The minimum atomic E-state index is 0.0850. The Balaban J connectivity index is 2.59. The largest absolute Gasteiger partial charge is 0.342 e. The number of thioether (sulfide) groups is 1. The number of carbonyl (C=O) groups is 1. The molecule has 3 heteroatoms. The summed E-state index contributed by atoms with van der Waals surface area (Å²) in [7, 11) is 0. The first-order valence-electron chi connectivity index (χ1n) is 2.95. The van der Waals surface area contributed by atoms with E-state index in [2.05, 4.69) is 5.32 Å². The van der Waals surface area contributed by atoms with Gasteiger partial charge in [0.25, 0.3) is 5.91 Å². The molecule has 2 nitrogen and oxygen atoms in total. The first-order valence-corrected chi connectivity index (χ1v) is 3.94. The summed E-state index contributed by atoms with van der Waals surface area (Å²) in [6.45, 7) is 2.03. The molecule has 1 aliphatic rings. The predicted octanol–water partition coefficient (Wildman–Crippen LogP) is 1.10. The molecule has 1 saturated heterocycles. The number of hydrogen-bond acceptors (Lipinski definition) is 2. The summed E-state index contributed by atoms with van der Waals surface area (Å²) >= 11 is 1.58. The van der Waals surface area contributed by atoms with Crippen LogP contribution in [0.3, 0.4) is 0 Å². The van der Waals surface area contributed by atoms with E-state index in [0.717, 1.165) is 17.2 Å². The Morgan fingerprint density at radius 2 is 2.67 bits per heavy atom. The fraction of sp³-hybridized carbons (Fsp3) is 0.500. The van der Waals surface area contributed by atoms with Gasteiger partial charge in [0.05, 0.1) is 10.8 Å². The van der Waals surface area contributed by atoms with Crippen molar-refractivity contribution in [2.75, 3.05) is 5.88 Å². The van der Waals surface area contributed by atoms with E-state index < -0.39 is 0 Å². The van der Waals surface area contributed by atoms with Gasteiger partial charge in [0.15, 0.2) is 0 Å².